The van der Waals surface area contributed by atoms with Gasteiger partial charge in [0.2, 0.25) is 0 Å². The third-order valence-corrected chi connectivity index (χ3v) is 2.97. The largest absolute Gasteiger partial charge is 0.367 e. The summed E-state index contributed by atoms with van der Waals surface area (Å²) in [6, 6.07) is 21.1. The van der Waals surface area contributed by atoms with Gasteiger partial charge in [0.1, 0.15) is 0 Å². The minimum Gasteiger partial charge on any atom is -0.367 e. The van der Waals surface area contributed by atoms with Crippen LogP contribution in [0.2, 0.25) is 0 Å². The van der Waals surface area contributed by atoms with E-state index in [0.29, 0.717) is 0 Å². The zero-order valence-electron chi connectivity index (χ0n) is 10.6. The van der Waals surface area contributed by atoms with Crippen molar-refractivity contribution < 1.29 is 0 Å². The molecule has 0 saturated carbocycles. The molecule has 2 N–H and O–H groups in total. The minimum atomic E-state index is 0.734. The molecule has 2 aromatic rings. The summed E-state index contributed by atoms with van der Waals surface area (Å²) in [4.78, 5) is 2.38. The van der Waals surface area contributed by atoms with Crippen LogP contribution in [0.4, 0.5) is 5.69 Å². The summed E-state index contributed by atoms with van der Waals surface area (Å²) >= 11 is 0. The van der Waals surface area contributed by atoms with Gasteiger partial charge in [-0.25, -0.2) is 0 Å². The summed E-state index contributed by atoms with van der Waals surface area (Å²) in [7, 11) is 0. The normalized spacial score (nSPS) is 10.3. The molecule has 2 rings (SSSR count). The molecule has 0 unspecified atom stereocenters. The first kappa shape index (κ1) is 12.7. The van der Waals surface area contributed by atoms with Crippen molar-refractivity contribution in [1.29, 1.82) is 0 Å². The molecule has 0 aliphatic heterocycles. The third kappa shape index (κ3) is 3.60. The fourth-order valence-corrected chi connectivity index (χ4v) is 2.02. The molecule has 0 radical (unpaired) electrons. The van der Waals surface area contributed by atoms with E-state index in [1.807, 2.05) is 6.07 Å². The fraction of sp³-hybridized carbons (Fsp3) is 0.250. The number of anilines is 1. The molecule has 0 heterocycles. The number of nitrogens with zero attached hydrogens (tertiary/aromatic N) is 1. The predicted molar refractivity (Wildman–Crippen MR) is 77.6 cm³/mol. The van der Waals surface area contributed by atoms with Crippen LogP contribution in [0.25, 0.3) is 0 Å². The Morgan fingerprint density at radius 3 is 2.06 bits per heavy atom. The lowest BCUT2D eigenvalue weighted by Gasteiger charge is -2.24. The zero-order chi connectivity index (χ0) is 12.6. The van der Waals surface area contributed by atoms with Crippen molar-refractivity contribution in [3.05, 3.63) is 66.2 Å². The molecule has 0 spiro atoms. The van der Waals surface area contributed by atoms with E-state index in [1.165, 1.54) is 11.3 Å². The lowest BCUT2D eigenvalue weighted by Crippen LogP contribution is -2.25. The maximum atomic E-state index is 5.62. The number of benzene rings is 2. The summed E-state index contributed by atoms with van der Waals surface area (Å²) in [5.74, 6) is 0. The summed E-state index contributed by atoms with van der Waals surface area (Å²) < 4.78 is 0. The second-order valence-electron chi connectivity index (χ2n) is 4.38. The molecule has 0 amide bonds. The minimum absolute atomic E-state index is 0.734. The summed E-state index contributed by atoms with van der Waals surface area (Å²) in [5, 5.41) is 0. The van der Waals surface area contributed by atoms with E-state index in [-0.39, 0.29) is 0 Å². The van der Waals surface area contributed by atoms with Gasteiger partial charge < -0.3 is 10.6 Å². The first-order valence-electron chi connectivity index (χ1n) is 6.44. The molecule has 0 atom stereocenters. The molecule has 0 aromatic heterocycles. The Morgan fingerprint density at radius 1 is 0.833 bits per heavy atom. The van der Waals surface area contributed by atoms with Crippen molar-refractivity contribution in [2.75, 3.05) is 18.0 Å². The Kier molecular flexibility index (Phi) is 4.79. The molecule has 18 heavy (non-hydrogen) atoms. The highest BCUT2D eigenvalue weighted by Crippen LogP contribution is 2.16. The molecule has 0 fully saturated rings. The highest BCUT2D eigenvalue weighted by Gasteiger charge is 2.05. The van der Waals surface area contributed by atoms with Crippen molar-refractivity contribution >= 4 is 5.69 Å². The van der Waals surface area contributed by atoms with Crippen molar-refractivity contribution in [3.63, 3.8) is 0 Å². The van der Waals surface area contributed by atoms with Crippen LogP contribution in [0.1, 0.15) is 12.0 Å². The van der Waals surface area contributed by atoms with Gasteiger partial charge in [0.25, 0.3) is 0 Å². The van der Waals surface area contributed by atoms with Crippen LogP contribution in [0.15, 0.2) is 60.7 Å². The SMILES string of the molecule is NCCCN(Cc1ccccc1)c1ccccc1. The second kappa shape index (κ2) is 6.82. The van der Waals surface area contributed by atoms with Gasteiger partial charge in [-0.1, -0.05) is 48.5 Å². The van der Waals surface area contributed by atoms with Crippen LogP contribution in [0.3, 0.4) is 0 Å². The number of hydrogen-bond acceptors (Lipinski definition) is 2. The first-order valence-corrected chi connectivity index (χ1v) is 6.44. The van der Waals surface area contributed by atoms with Crippen LogP contribution in [0.5, 0.6) is 0 Å². The number of nitrogens with two attached hydrogens (primary N) is 1. The highest BCUT2D eigenvalue weighted by atomic mass is 15.1. The Morgan fingerprint density at radius 2 is 1.44 bits per heavy atom. The standard InChI is InChI=1S/C16H20N2/c17-12-7-13-18(16-10-5-2-6-11-16)14-15-8-3-1-4-9-15/h1-6,8-11H,7,12-14,17H2. The molecule has 2 nitrogen and oxygen atoms in total. The van der Waals surface area contributed by atoms with E-state index in [1.54, 1.807) is 0 Å². The predicted octanol–water partition coefficient (Wildman–Crippen LogP) is 3.04. The molecular formula is C16H20N2. The van der Waals surface area contributed by atoms with E-state index >= 15 is 0 Å². The van der Waals surface area contributed by atoms with Crippen LogP contribution < -0.4 is 10.6 Å². The highest BCUT2D eigenvalue weighted by molar-refractivity contribution is 5.46. The Bertz CT molecular complexity index is 439. The Hall–Kier alpha value is -1.80. The van der Waals surface area contributed by atoms with Gasteiger partial charge in [-0.05, 0) is 30.7 Å². The Balaban J connectivity index is 2.10. The van der Waals surface area contributed by atoms with Gasteiger partial charge >= 0.3 is 0 Å². The molecular weight excluding hydrogens is 220 g/mol. The smallest absolute Gasteiger partial charge is 0.0429 e. The maximum absolute atomic E-state index is 5.62. The van der Waals surface area contributed by atoms with E-state index in [2.05, 4.69) is 59.5 Å². The lowest BCUT2D eigenvalue weighted by molar-refractivity contribution is 0.736. The van der Waals surface area contributed by atoms with Gasteiger partial charge in [0.15, 0.2) is 0 Å². The number of rotatable bonds is 6. The topological polar surface area (TPSA) is 29.3 Å². The molecule has 0 saturated heterocycles. The maximum Gasteiger partial charge on any atom is 0.0429 e. The van der Waals surface area contributed by atoms with Gasteiger partial charge in [-0.15, -0.1) is 0 Å². The molecule has 2 aromatic carbocycles. The molecule has 0 bridgehead atoms. The van der Waals surface area contributed by atoms with Gasteiger partial charge in [-0.2, -0.15) is 0 Å². The van der Waals surface area contributed by atoms with Gasteiger partial charge in [0, 0.05) is 18.8 Å². The monoisotopic (exact) mass is 240 g/mol. The first-order chi connectivity index (χ1) is 8.90. The van der Waals surface area contributed by atoms with Crippen molar-refractivity contribution in [2.45, 2.75) is 13.0 Å². The summed E-state index contributed by atoms with van der Waals surface area (Å²) in [6.45, 7) is 2.67. The quantitative estimate of drug-likeness (QED) is 0.841. The lowest BCUT2D eigenvalue weighted by atomic mass is 10.2. The summed E-state index contributed by atoms with van der Waals surface area (Å²) in [6.07, 6.45) is 1.02. The number of para-hydroxylation sites is 1. The van der Waals surface area contributed by atoms with Crippen LogP contribution in [-0.4, -0.2) is 13.1 Å². The molecule has 2 heteroatoms. The average molecular weight is 240 g/mol. The van der Waals surface area contributed by atoms with Crippen molar-refractivity contribution in [2.24, 2.45) is 5.73 Å². The van der Waals surface area contributed by atoms with E-state index in [4.69, 9.17) is 5.73 Å². The van der Waals surface area contributed by atoms with E-state index in [0.717, 1.165) is 26.1 Å². The molecule has 0 aliphatic carbocycles. The van der Waals surface area contributed by atoms with E-state index in [9.17, 15) is 0 Å². The third-order valence-electron chi connectivity index (χ3n) is 2.97. The second-order valence-corrected chi connectivity index (χ2v) is 4.38. The zero-order valence-corrected chi connectivity index (χ0v) is 10.6. The average Bonchev–Trinajstić information content (AvgIpc) is 2.45. The van der Waals surface area contributed by atoms with Crippen molar-refractivity contribution in [3.8, 4) is 0 Å². The van der Waals surface area contributed by atoms with Gasteiger partial charge in [-0.3, -0.25) is 0 Å². The number of hydrogen-bond donors (Lipinski definition) is 1. The molecule has 94 valence electrons. The van der Waals surface area contributed by atoms with Gasteiger partial charge in [0.05, 0.1) is 0 Å². The van der Waals surface area contributed by atoms with E-state index < -0.39 is 0 Å². The fourth-order valence-electron chi connectivity index (χ4n) is 2.02. The summed E-state index contributed by atoms with van der Waals surface area (Å²) in [5.41, 5.74) is 8.21. The van der Waals surface area contributed by atoms with Crippen LogP contribution in [0, 0.1) is 0 Å². The van der Waals surface area contributed by atoms with Crippen LogP contribution in [-0.2, 0) is 6.54 Å². The van der Waals surface area contributed by atoms with Crippen molar-refractivity contribution in [1.82, 2.24) is 0 Å². The Labute approximate surface area is 109 Å². The van der Waals surface area contributed by atoms with Crippen LogP contribution >= 0.6 is 0 Å². The molecule has 0 aliphatic rings.